The van der Waals surface area contributed by atoms with Crippen LogP contribution in [0.15, 0.2) is 22.7 Å². The van der Waals surface area contributed by atoms with Crippen molar-refractivity contribution in [1.29, 1.82) is 0 Å². The zero-order valence-electron chi connectivity index (χ0n) is 10.4. The third kappa shape index (κ3) is 4.38. The van der Waals surface area contributed by atoms with Crippen molar-refractivity contribution in [1.82, 2.24) is 5.32 Å². The van der Waals surface area contributed by atoms with Crippen molar-refractivity contribution in [2.24, 2.45) is 0 Å². The van der Waals surface area contributed by atoms with E-state index in [0.717, 1.165) is 22.2 Å². The molecule has 0 radical (unpaired) electrons. The Bertz CT molecular complexity index is 393. The number of methoxy groups -OCH3 is 1. The summed E-state index contributed by atoms with van der Waals surface area (Å²) in [6, 6.07) is 5.90. The predicted molar refractivity (Wildman–Crippen MR) is 72.3 cm³/mol. The van der Waals surface area contributed by atoms with Crippen molar-refractivity contribution in [3.05, 3.63) is 28.2 Å². The van der Waals surface area contributed by atoms with Crippen LogP contribution in [0.4, 0.5) is 0 Å². The second-order valence-corrected chi connectivity index (χ2v) is 4.88. The highest BCUT2D eigenvalue weighted by Gasteiger charge is 2.08. The van der Waals surface area contributed by atoms with Crippen LogP contribution in [-0.4, -0.2) is 19.1 Å². The summed E-state index contributed by atoms with van der Waals surface area (Å²) in [6.45, 7) is 4.05. The maximum Gasteiger partial charge on any atom is 0.224 e. The monoisotopic (exact) mass is 299 g/mol. The van der Waals surface area contributed by atoms with Gasteiger partial charge in [-0.1, -0.05) is 13.0 Å². The minimum Gasteiger partial charge on any atom is -0.496 e. The Hall–Kier alpha value is -1.03. The molecule has 1 rings (SSSR count). The number of benzene rings is 1. The number of hydrogen-bond acceptors (Lipinski definition) is 2. The predicted octanol–water partition coefficient (Wildman–Crippen LogP) is 2.91. The summed E-state index contributed by atoms with van der Waals surface area (Å²) in [5.41, 5.74) is 0.971. The van der Waals surface area contributed by atoms with Gasteiger partial charge in [-0.15, -0.1) is 0 Å². The molecule has 0 fully saturated rings. The van der Waals surface area contributed by atoms with Gasteiger partial charge in [0.1, 0.15) is 5.75 Å². The van der Waals surface area contributed by atoms with E-state index in [1.165, 1.54) is 0 Å². The van der Waals surface area contributed by atoms with Crippen LogP contribution in [0.2, 0.25) is 0 Å². The average molecular weight is 300 g/mol. The fourth-order valence-electron chi connectivity index (χ4n) is 1.43. The van der Waals surface area contributed by atoms with E-state index in [9.17, 15) is 4.79 Å². The van der Waals surface area contributed by atoms with E-state index in [-0.39, 0.29) is 11.9 Å². The largest absolute Gasteiger partial charge is 0.496 e. The van der Waals surface area contributed by atoms with Crippen LogP contribution in [0, 0.1) is 0 Å². The maximum absolute atomic E-state index is 11.7. The lowest BCUT2D eigenvalue weighted by Gasteiger charge is -2.11. The van der Waals surface area contributed by atoms with E-state index in [4.69, 9.17) is 4.74 Å². The topological polar surface area (TPSA) is 38.3 Å². The lowest BCUT2D eigenvalue weighted by atomic mass is 10.1. The number of carbonyl (C=O) groups is 1. The van der Waals surface area contributed by atoms with Gasteiger partial charge in [-0.3, -0.25) is 4.79 Å². The summed E-state index contributed by atoms with van der Waals surface area (Å²) in [7, 11) is 1.62. The van der Waals surface area contributed by atoms with E-state index in [1.54, 1.807) is 7.11 Å². The molecule has 0 aliphatic rings. The quantitative estimate of drug-likeness (QED) is 0.908. The first kappa shape index (κ1) is 14.0. The van der Waals surface area contributed by atoms with Crippen molar-refractivity contribution in [2.45, 2.75) is 32.7 Å². The number of ether oxygens (including phenoxy) is 1. The minimum atomic E-state index is 0.0522. The molecule has 0 aromatic heterocycles. The third-order valence-electron chi connectivity index (χ3n) is 2.60. The van der Waals surface area contributed by atoms with Gasteiger partial charge >= 0.3 is 0 Å². The number of halogens is 1. The lowest BCUT2D eigenvalue weighted by Crippen LogP contribution is -2.33. The Morgan fingerprint density at radius 1 is 1.53 bits per heavy atom. The lowest BCUT2D eigenvalue weighted by molar-refractivity contribution is -0.121. The van der Waals surface area contributed by atoms with E-state index in [0.29, 0.717) is 6.42 Å². The van der Waals surface area contributed by atoms with E-state index < -0.39 is 0 Å². The molecule has 1 aromatic carbocycles. The SMILES string of the molecule is CCC(C)NC(=O)Cc1ccc(OC)c(Br)c1. The van der Waals surface area contributed by atoms with Crippen LogP contribution >= 0.6 is 15.9 Å². The molecule has 0 bridgehead atoms. The van der Waals surface area contributed by atoms with Gasteiger partial charge in [0.15, 0.2) is 0 Å². The van der Waals surface area contributed by atoms with Crippen molar-refractivity contribution in [3.63, 3.8) is 0 Å². The maximum atomic E-state index is 11.7. The Balaban J connectivity index is 2.63. The smallest absolute Gasteiger partial charge is 0.224 e. The van der Waals surface area contributed by atoms with Gasteiger partial charge in [-0.2, -0.15) is 0 Å². The summed E-state index contributed by atoms with van der Waals surface area (Å²) in [6.07, 6.45) is 1.34. The molecule has 0 spiro atoms. The normalized spacial score (nSPS) is 12.0. The summed E-state index contributed by atoms with van der Waals surface area (Å²) in [5.74, 6) is 0.826. The first-order chi connectivity index (χ1) is 8.06. The van der Waals surface area contributed by atoms with Crippen LogP contribution < -0.4 is 10.1 Å². The van der Waals surface area contributed by atoms with Gasteiger partial charge in [0.25, 0.3) is 0 Å². The summed E-state index contributed by atoms with van der Waals surface area (Å²) in [5, 5.41) is 2.94. The molecule has 0 saturated heterocycles. The van der Waals surface area contributed by atoms with Gasteiger partial charge < -0.3 is 10.1 Å². The van der Waals surface area contributed by atoms with Crippen LogP contribution in [0.3, 0.4) is 0 Å². The molecule has 1 atom stereocenters. The molecule has 0 saturated carbocycles. The van der Waals surface area contributed by atoms with Crippen LogP contribution in [0.25, 0.3) is 0 Å². The van der Waals surface area contributed by atoms with Crippen molar-refractivity contribution >= 4 is 21.8 Å². The minimum absolute atomic E-state index is 0.0522. The van der Waals surface area contributed by atoms with E-state index >= 15 is 0 Å². The molecule has 4 heteroatoms. The van der Waals surface area contributed by atoms with Gasteiger partial charge in [-0.05, 0) is 47.0 Å². The van der Waals surface area contributed by atoms with E-state index in [1.807, 2.05) is 25.1 Å². The highest BCUT2D eigenvalue weighted by atomic mass is 79.9. The summed E-state index contributed by atoms with van der Waals surface area (Å²) >= 11 is 3.41. The molecule has 1 N–H and O–H groups in total. The average Bonchev–Trinajstić information content (AvgIpc) is 2.29. The van der Waals surface area contributed by atoms with Gasteiger partial charge in [0, 0.05) is 6.04 Å². The first-order valence-electron chi connectivity index (χ1n) is 5.68. The number of amides is 1. The Morgan fingerprint density at radius 3 is 2.76 bits per heavy atom. The Morgan fingerprint density at radius 2 is 2.24 bits per heavy atom. The molecular weight excluding hydrogens is 282 g/mol. The summed E-state index contributed by atoms with van der Waals surface area (Å²) in [4.78, 5) is 11.7. The highest BCUT2D eigenvalue weighted by Crippen LogP contribution is 2.25. The Kier molecular flexibility index (Phi) is 5.48. The van der Waals surface area contributed by atoms with Crippen molar-refractivity contribution < 1.29 is 9.53 Å². The first-order valence-corrected chi connectivity index (χ1v) is 6.47. The van der Waals surface area contributed by atoms with Crippen LogP contribution in [0.1, 0.15) is 25.8 Å². The van der Waals surface area contributed by atoms with Gasteiger partial charge in [0.05, 0.1) is 18.0 Å². The molecular formula is C13H18BrNO2. The zero-order valence-corrected chi connectivity index (χ0v) is 12.0. The second-order valence-electron chi connectivity index (χ2n) is 4.02. The number of rotatable bonds is 5. The molecule has 0 aliphatic carbocycles. The zero-order chi connectivity index (χ0) is 12.8. The highest BCUT2D eigenvalue weighted by molar-refractivity contribution is 9.10. The molecule has 0 heterocycles. The Labute approximate surface area is 111 Å². The molecule has 3 nitrogen and oxygen atoms in total. The van der Waals surface area contributed by atoms with Crippen molar-refractivity contribution in [2.75, 3.05) is 7.11 Å². The summed E-state index contributed by atoms with van der Waals surface area (Å²) < 4.78 is 6.01. The molecule has 17 heavy (non-hydrogen) atoms. The number of hydrogen-bond donors (Lipinski definition) is 1. The van der Waals surface area contributed by atoms with Crippen LogP contribution in [-0.2, 0) is 11.2 Å². The fraction of sp³-hybridized carbons (Fsp3) is 0.462. The number of carbonyl (C=O) groups excluding carboxylic acids is 1. The second kappa shape index (κ2) is 6.64. The molecule has 1 unspecified atom stereocenters. The fourth-order valence-corrected chi connectivity index (χ4v) is 2.02. The molecule has 1 amide bonds. The van der Waals surface area contributed by atoms with Crippen LogP contribution in [0.5, 0.6) is 5.75 Å². The van der Waals surface area contributed by atoms with Crippen molar-refractivity contribution in [3.8, 4) is 5.75 Å². The van der Waals surface area contributed by atoms with E-state index in [2.05, 4.69) is 28.2 Å². The number of nitrogens with one attached hydrogen (secondary N) is 1. The van der Waals surface area contributed by atoms with Gasteiger partial charge in [0.2, 0.25) is 5.91 Å². The molecule has 94 valence electrons. The standard InChI is InChI=1S/C13H18BrNO2/c1-4-9(2)15-13(16)8-10-5-6-12(17-3)11(14)7-10/h5-7,9H,4,8H2,1-3H3,(H,15,16). The molecule has 1 aromatic rings. The van der Waals surface area contributed by atoms with Gasteiger partial charge in [-0.25, -0.2) is 0 Å². The third-order valence-corrected chi connectivity index (χ3v) is 3.22. The molecule has 0 aliphatic heterocycles.